The van der Waals surface area contributed by atoms with Crippen molar-refractivity contribution in [2.24, 2.45) is 0 Å². The van der Waals surface area contributed by atoms with Crippen molar-refractivity contribution in [3.05, 3.63) is 45.5 Å². The second-order valence-electron chi connectivity index (χ2n) is 5.56. The van der Waals surface area contributed by atoms with E-state index in [1.807, 2.05) is 36.0 Å². The fourth-order valence-corrected chi connectivity index (χ4v) is 4.88. The molecule has 0 saturated carbocycles. The molecule has 3 aromatic heterocycles. The topological polar surface area (TPSA) is 59.8 Å². The number of aromatic nitrogens is 3. The Bertz CT molecular complexity index is 848. The predicted octanol–water partition coefficient (Wildman–Crippen LogP) is 3.83. The summed E-state index contributed by atoms with van der Waals surface area (Å²) in [5.41, 5.74) is 2.01. The molecule has 0 fully saturated rings. The number of hydrogen-bond donors (Lipinski definition) is 1. The molecule has 0 aromatic carbocycles. The van der Waals surface area contributed by atoms with Gasteiger partial charge >= 0.3 is 0 Å². The molecule has 0 aliphatic heterocycles. The smallest absolute Gasteiger partial charge is 0.260 e. The van der Waals surface area contributed by atoms with Crippen molar-refractivity contribution in [2.45, 2.75) is 32.6 Å². The van der Waals surface area contributed by atoms with Crippen LogP contribution in [0.1, 0.15) is 38.6 Å². The van der Waals surface area contributed by atoms with E-state index in [-0.39, 0.29) is 5.91 Å². The summed E-state index contributed by atoms with van der Waals surface area (Å²) in [4.78, 5) is 14.2. The zero-order valence-electron chi connectivity index (χ0n) is 12.7. The minimum Gasteiger partial charge on any atom is -0.315 e. The maximum Gasteiger partial charge on any atom is 0.260 e. The fourth-order valence-electron chi connectivity index (χ4n) is 2.94. The van der Waals surface area contributed by atoms with Crippen LogP contribution in [-0.4, -0.2) is 20.7 Å². The number of carbonyl (C=O) groups excluding carboxylic acids is 1. The molecule has 0 unspecified atom stereocenters. The molecule has 23 heavy (non-hydrogen) atoms. The molecule has 0 atom stereocenters. The maximum atomic E-state index is 12.9. The van der Waals surface area contributed by atoms with Gasteiger partial charge in [0.05, 0.1) is 5.56 Å². The van der Waals surface area contributed by atoms with Gasteiger partial charge in [-0.15, -0.1) is 21.5 Å². The minimum atomic E-state index is -0.0794. The Hall–Kier alpha value is -1.99. The number of anilines is 1. The predicted molar refractivity (Wildman–Crippen MR) is 92.9 cm³/mol. The van der Waals surface area contributed by atoms with E-state index in [2.05, 4.69) is 15.5 Å². The van der Waals surface area contributed by atoms with E-state index in [0.717, 1.165) is 34.8 Å². The average Bonchev–Trinajstić information content (AvgIpc) is 3.25. The first-order valence-corrected chi connectivity index (χ1v) is 9.25. The summed E-state index contributed by atoms with van der Waals surface area (Å²) in [6, 6.07) is 3.96. The minimum absolute atomic E-state index is 0.0794. The summed E-state index contributed by atoms with van der Waals surface area (Å²) >= 11 is 3.13. The molecule has 5 nitrogen and oxygen atoms in total. The lowest BCUT2D eigenvalue weighted by molar-refractivity contribution is 0.102. The lowest BCUT2D eigenvalue weighted by atomic mass is 9.95. The standard InChI is InChI=1S/C16H16N4OS2/c1-10-18-19-16(22-10)17-14(21)13-11-6-2-3-7-12(11)23-15(13)20-8-4-5-9-20/h4-5,8-9H,2-3,6-7H2,1H3,(H,17,19,21). The molecular weight excluding hydrogens is 328 g/mol. The van der Waals surface area contributed by atoms with Crippen molar-refractivity contribution < 1.29 is 4.79 Å². The van der Waals surface area contributed by atoms with E-state index >= 15 is 0 Å². The lowest BCUT2D eigenvalue weighted by Crippen LogP contribution is -2.16. The molecule has 1 aliphatic rings. The van der Waals surface area contributed by atoms with Gasteiger partial charge in [-0.1, -0.05) is 11.3 Å². The quantitative estimate of drug-likeness (QED) is 0.785. The van der Waals surface area contributed by atoms with E-state index in [1.165, 1.54) is 28.2 Å². The SMILES string of the molecule is Cc1nnc(NC(=O)c2c(-n3cccc3)sc3c2CCCC3)s1. The first kappa shape index (κ1) is 14.6. The molecular formula is C16H16N4OS2. The normalized spacial score (nSPS) is 13.8. The van der Waals surface area contributed by atoms with Crippen LogP contribution in [0, 0.1) is 6.92 Å². The van der Waals surface area contributed by atoms with Gasteiger partial charge in [-0.05, 0) is 50.3 Å². The van der Waals surface area contributed by atoms with E-state index in [1.54, 1.807) is 11.3 Å². The van der Waals surface area contributed by atoms with Crippen LogP contribution in [0.2, 0.25) is 0 Å². The van der Waals surface area contributed by atoms with Gasteiger partial charge in [-0.25, -0.2) is 0 Å². The van der Waals surface area contributed by atoms with Crippen LogP contribution < -0.4 is 5.32 Å². The average molecular weight is 344 g/mol. The van der Waals surface area contributed by atoms with Crippen molar-refractivity contribution in [3.63, 3.8) is 0 Å². The molecule has 1 N–H and O–H groups in total. The molecule has 1 aliphatic carbocycles. The lowest BCUT2D eigenvalue weighted by Gasteiger charge is -2.12. The Balaban J connectivity index is 1.76. The summed E-state index contributed by atoms with van der Waals surface area (Å²) in [5.74, 6) is -0.0794. The van der Waals surface area contributed by atoms with Crippen LogP contribution in [0.4, 0.5) is 5.13 Å². The van der Waals surface area contributed by atoms with Crippen LogP contribution in [0.25, 0.3) is 5.00 Å². The molecule has 0 bridgehead atoms. The molecule has 118 valence electrons. The summed E-state index contributed by atoms with van der Waals surface area (Å²) in [7, 11) is 0. The second kappa shape index (κ2) is 5.90. The van der Waals surface area contributed by atoms with E-state index in [9.17, 15) is 4.79 Å². The van der Waals surface area contributed by atoms with Gasteiger partial charge in [0.1, 0.15) is 10.0 Å². The molecule has 7 heteroatoms. The summed E-state index contributed by atoms with van der Waals surface area (Å²) < 4.78 is 2.03. The van der Waals surface area contributed by atoms with Crippen molar-refractivity contribution in [3.8, 4) is 5.00 Å². The van der Waals surface area contributed by atoms with Crippen LogP contribution in [0.15, 0.2) is 24.5 Å². The highest BCUT2D eigenvalue weighted by Gasteiger charge is 2.26. The number of nitrogens with zero attached hydrogens (tertiary/aromatic N) is 3. The van der Waals surface area contributed by atoms with Gasteiger partial charge in [-0.3, -0.25) is 10.1 Å². The van der Waals surface area contributed by atoms with Gasteiger partial charge < -0.3 is 4.57 Å². The summed E-state index contributed by atoms with van der Waals surface area (Å²) in [5, 5.41) is 13.3. The molecule has 3 heterocycles. The molecule has 1 amide bonds. The highest BCUT2D eigenvalue weighted by atomic mass is 32.1. The van der Waals surface area contributed by atoms with Gasteiger partial charge in [0.2, 0.25) is 5.13 Å². The number of rotatable bonds is 3. The van der Waals surface area contributed by atoms with Crippen LogP contribution in [-0.2, 0) is 12.8 Å². The number of fused-ring (bicyclic) bond motifs is 1. The first-order valence-electron chi connectivity index (χ1n) is 7.61. The van der Waals surface area contributed by atoms with Crippen molar-refractivity contribution >= 4 is 33.7 Å². The fraction of sp³-hybridized carbons (Fsp3) is 0.312. The number of aryl methyl sites for hydroxylation is 2. The van der Waals surface area contributed by atoms with E-state index in [0.29, 0.717) is 5.13 Å². The van der Waals surface area contributed by atoms with Gasteiger partial charge in [0.25, 0.3) is 5.91 Å². The van der Waals surface area contributed by atoms with Crippen molar-refractivity contribution in [1.29, 1.82) is 0 Å². The van der Waals surface area contributed by atoms with Crippen molar-refractivity contribution in [1.82, 2.24) is 14.8 Å². The summed E-state index contributed by atoms with van der Waals surface area (Å²) in [6.45, 7) is 1.88. The number of carbonyl (C=O) groups is 1. The number of thiophene rings is 1. The second-order valence-corrected chi connectivity index (χ2v) is 7.83. The molecule has 4 rings (SSSR count). The Kier molecular flexibility index (Phi) is 3.74. The monoisotopic (exact) mass is 344 g/mol. The van der Waals surface area contributed by atoms with Gasteiger partial charge in [0.15, 0.2) is 0 Å². The number of hydrogen-bond acceptors (Lipinski definition) is 5. The van der Waals surface area contributed by atoms with Gasteiger partial charge in [-0.2, -0.15) is 0 Å². The largest absolute Gasteiger partial charge is 0.315 e. The molecule has 0 saturated heterocycles. The third kappa shape index (κ3) is 2.70. The highest BCUT2D eigenvalue weighted by Crippen LogP contribution is 2.37. The first-order chi connectivity index (χ1) is 11.2. The van der Waals surface area contributed by atoms with E-state index in [4.69, 9.17) is 0 Å². The number of amides is 1. The Morgan fingerprint density at radius 2 is 1.96 bits per heavy atom. The zero-order chi connectivity index (χ0) is 15.8. The third-order valence-electron chi connectivity index (χ3n) is 3.97. The third-order valence-corrected chi connectivity index (χ3v) is 6.02. The Labute approximate surface area is 142 Å². The summed E-state index contributed by atoms with van der Waals surface area (Å²) in [6.07, 6.45) is 8.37. The van der Waals surface area contributed by atoms with Crippen molar-refractivity contribution in [2.75, 3.05) is 5.32 Å². The van der Waals surface area contributed by atoms with Crippen LogP contribution >= 0.6 is 22.7 Å². The molecule has 3 aromatic rings. The maximum absolute atomic E-state index is 12.9. The Morgan fingerprint density at radius 3 is 2.70 bits per heavy atom. The molecule has 0 radical (unpaired) electrons. The van der Waals surface area contributed by atoms with Crippen LogP contribution in [0.5, 0.6) is 0 Å². The number of nitrogens with one attached hydrogen (secondary N) is 1. The molecule has 0 spiro atoms. The Morgan fingerprint density at radius 1 is 1.17 bits per heavy atom. The van der Waals surface area contributed by atoms with Crippen LogP contribution in [0.3, 0.4) is 0 Å². The van der Waals surface area contributed by atoms with Gasteiger partial charge in [0, 0.05) is 17.3 Å². The van der Waals surface area contributed by atoms with E-state index < -0.39 is 0 Å². The highest BCUT2D eigenvalue weighted by molar-refractivity contribution is 7.15. The zero-order valence-corrected chi connectivity index (χ0v) is 14.3.